The number of nitrogens with two attached hydrogens (primary N) is 1. The van der Waals surface area contributed by atoms with E-state index >= 15 is 0 Å². The number of aliphatic hydroxyl groups is 1. The topological polar surface area (TPSA) is 105 Å². The van der Waals surface area contributed by atoms with Crippen LogP contribution in [0.2, 0.25) is 0 Å². The Morgan fingerprint density at radius 2 is 2.13 bits per heavy atom. The number of methoxy groups -OCH3 is 1. The molecule has 0 heterocycles. The lowest BCUT2D eigenvalue weighted by Crippen LogP contribution is -2.43. The van der Waals surface area contributed by atoms with Gasteiger partial charge in [-0.1, -0.05) is 0 Å². The lowest BCUT2D eigenvalue weighted by molar-refractivity contribution is -0.121. The molecule has 0 aliphatic carbocycles. The molecule has 0 spiro atoms. The number of imide groups is 1. The van der Waals surface area contributed by atoms with Crippen molar-refractivity contribution in [3.63, 3.8) is 0 Å². The summed E-state index contributed by atoms with van der Waals surface area (Å²) in [5, 5.41) is 10.7. The summed E-state index contributed by atoms with van der Waals surface area (Å²) in [7, 11) is 1.54. The Labute approximate surface area is 88.2 Å². The Balaban J connectivity index is 3.91. The maximum absolute atomic E-state index is 11.1. The minimum absolute atomic E-state index is 0.00681. The van der Waals surface area contributed by atoms with E-state index in [0.29, 0.717) is 19.7 Å². The number of hydrogen-bond acceptors (Lipinski definition) is 5. The molecule has 0 radical (unpaired) electrons. The zero-order valence-corrected chi connectivity index (χ0v) is 8.73. The fourth-order valence-corrected chi connectivity index (χ4v) is 1.01. The average molecular weight is 219 g/mol. The van der Waals surface area contributed by atoms with Crippen LogP contribution >= 0.6 is 0 Å². The van der Waals surface area contributed by atoms with E-state index in [-0.39, 0.29) is 13.2 Å². The van der Waals surface area contributed by atoms with Crippen LogP contribution in [0.5, 0.6) is 0 Å². The summed E-state index contributed by atoms with van der Waals surface area (Å²) in [6, 6.07) is -0.879. The first-order chi connectivity index (χ1) is 7.10. The number of urea groups is 1. The molecule has 0 bridgehead atoms. The van der Waals surface area contributed by atoms with Gasteiger partial charge in [0.05, 0.1) is 19.8 Å². The van der Waals surface area contributed by atoms with Gasteiger partial charge in [0.1, 0.15) is 0 Å². The number of amides is 3. The van der Waals surface area contributed by atoms with Crippen LogP contribution in [0.3, 0.4) is 0 Å². The first-order valence-electron chi connectivity index (χ1n) is 4.51. The van der Waals surface area contributed by atoms with Crippen molar-refractivity contribution in [3.05, 3.63) is 0 Å². The predicted octanol–water partition coefficient (Wildman–Crippen LogP) is -1.88. The molecule has 0 fully saturated rings. The SMILES string of the molecule is COCCN(CCO)CC(=O)NC(N)=O. The smallest absolute Gasteiger partial charge is 0.318 e. The molecule has 0 aromatic heterocycles. The van der Waals surface area contributed by atoms with Crippen molar-refractivity contribution in [3.8, 4) is 0 Å². The second-order valence-corrected chi connectivity index (χ2v) is 2.90. The first-order valence-corrected chi connectivity index (χ1v) is 4.51. The Kier molecular flexibility index (Phi) is 7.51. The molecule has 0 unspecified atom stereocenters. The molecular weight excluding hydrogens is 202 g/mol. The second-order valence-electron chi connectivity index (χ2n) is 2.90. The molecule has 0 rings (SSSR count). The first kappa shape index (κ1) is 13.8. The Hall–Kier alpha value is -1.18. The summed E-state index contributed by atoms with van der Waals surface area (Å²) in [4.78, 5) is 23.1. The minimum atomic E-state index is -0.879. The minimum Gasteiger partial charge on any atom is -0.395 e. The van der Waals surface area contributed by atoms with Gasteiger partial charge >= 0.3 is 6.03 Å². The van der Waals surface area contributed by atoms with E-state index < -0.39 is 11.9 Å². The monoisotopic (exact) mass is 219 g/mol. The number of carbonyl (C=O) groups is 2. The molecule has 4 N–H and O–H groups in total. The molecule has 0 aliphatic heterocycles. The number of hydrogen-bond donors (Lipinski definition) is 3. The fraction of sp³-hybridized carbons (Fsp3) is 0.750. The van der Waals surface area contributed by atoms with Gasteiger partial charge in [-0.2, -0.15) is 0 Å². The zero-order valence-electron chi connectivity index (χ0n) is 8.73. The standard InChI is InChI=1S/C8H17N3O4/c1-15-5-3-11(2-4-12)6-7(13)10-8(9)14/h12H,2-6H2,1H3,(H3,9,10,13,14). The van der Waals surface area contributed by atoms with Gasteiger partial charge in [0, 0.05) is 20.2 Å². The number of carbonyl (C=O) groups excluding carboxylic acids is 2. The molecule has 0 saturated carbocycles. The van der Waals surface area contributed by atoms with Crippen LogP contribution in [-0.2, 0) is 9.53 Å². The summed E-state index contributed by atoms with van der Waals surface area (Å²) in [5.74, 6) is -0.493. The van der Waals surface area contributed by atoms with Crippen LogP contribution in [0.1, 0.15) is 0 Å². The van der Waals surface area contributed by atoms with Crippen molar-refractivity contribution >= 4 is 11.9 Å². The number of ether oxygens (including phenoxy) is 1. The molecule has 0 aromatic rings. The third kappa shape index (κ3) is 7.86. The van der Waals surface area contributed by atoms with E-state index in [1.54, 1.807) is 12.0 Å². The number of rotatable bonds is 7. The summed E-state index contributed by atoms with van der Waals surface area (Å²) >= 11 is 0. The highest BCUT2D eigenvalue weighted by atomic mass is 16.5. The lowest BCUT2D eigenvalue weighted by atomic mass is 10.4. The number of primary amides is 1. The van der Waals surface area contributed by atoms with Crippen molar-refractivity contribution < 1.29 is 19.4 Å². The van der Waals surface area contributed by atoms with E-state index in [0.717, 1.165) is 0 Å². The van der Waals surface area contributed by atoms with E-state index in [2.05, 4.69) is 0 Å². The van der Waals surface area contributed by atoms with E-state index in [1.807, 2.05) is 5.32 Å². The summed E-state index contributed by atoms with van der Waals surface area (Å²) < 4.78 is 4.83. The molecule has 0 atom stereocenters. The lowest BCUT2D eigenvalue weighted by Gasteiger charge is -2.19. The van der Waals surface area contributed by atoms with Gasteiger partial charge in [0.15, 0.2) is 0 Å². The molecule has 0 aromatic carbocycles. The van der Waals surface area contributed by atoms with Crippen LogP contribution < -0.4 is 11.1 Å². The number of aliphatic hydroxyl groups excluding tert-OH is 1. The predicted molar refractivity (Wildman–Crippen MR) is 53.1 cm³/mol. The summed E-state index contributed by atoms with van der Waals surface area (Å²) in [5.41, 5.74) is 4.78. The van der Waals surface area contributed by atoms with Gasteiger partial charge in [0.2, 0.25) is 5.91 Å². The van der Waals surface area contributed by atoms with E-state index in [1.165, 1.54) is 0 Å². The quantitative estimate of drug-likeness (QED) is 0.465. The molecule has 3 amide bonds. The van der Waals surface area contributed by atoms with E-state index in [4.69, 9.17) is 15.6 Å². The van der Waals surface area contributed by atoms with Gasteiger partial charge in [-0.15, -0.1) is 0 Å². The molecule has 15 heavy (non-hydrogen) atoms. The third-order valence-electron chi connectivity index (χ3n) is 1.66. The molecule has 88 valence electrons. The van der Waals surface area contributed by atoms with Crippen molar-refractivity contribution in [2.45, 2.75) is 0 Å². The summed E-state index contributed by atoms with van der Waals surface area (Å²) in [6.45, 7) is 1.24. The van der Waals surface area contributed by atoms with Crippen LogP contribution in [0.4, 0.5) is 4.79 Å². The summed E-state index contributed by atoms with van der Waals surface area (Å²) in [6.07, 6.45) is 0. The Morgan fingerprint density at radius 3 is 2.60 bits per heavy atom. The van der Waals surface area contributed by atoms with Gasteiger partial charge in [-0.25, -0.2) is 4.79 Å². The van der Waals surface area contributed by atoms with E-state index in [9.17, 15) is 9.59 Å². The fourth-order valence-electron chi connectivity index (χ4n) is 1.01. The highest BCUT2D eigenvalue weighted by Gasteiger charge is 2.10. The second kappa shape index (κ2) is 8.16. The van der Waals surface area contributed by atoms with Crippen LogP contribution in [0.25, 0.3) is 0 Å². The maximum atomic E-state index is 11.1. The highest BCUT2D eigenvalue weighted by Crippen LogP contribution is 1.87. The molecular formula is C8H17N3O4. The number of nitrogens with one attached hydrogen (secondary N) is 1. The highest BCUT2D eigenvalue weighted by molar-refractivity contribution is 5.94. The van der Waals surface area contributed by atoms with Crippen molar-refractivity contribution in [1.82, 2.24) is 10.2 Å². The maximum Gasteiger partial charge on any atom is 0.318 e. The van der Waals surface area contributed by atoms with Crippen molar-refractivity contribution in [1.29, 1.82) is 0 Å². The molecule has 7 heteroatoms. The Bertz CT molecular complexity index is 210. The molecule has 7 nitrogen and oxygen atoms in total. The van der Waals surface area contributed by atoms with Gasteiger partial charge in [-0.05, 0) is 0 Å². The number of nitrogens with zero attached hydrogens (tertiary/aromatic N) is 1. The largest absolute Gasteiger partial charge is 0.395 e. The third-order valence-corrected chi connectivity index (χ3v) is 1.66. The van der Waals surface area contributed by atoms with Crippen LogP contribution in [0, 0.1) is 0 Å². The van der Waals surface area contributed by atoms with Crippen molar-refractivity contribution in [2.75, 3.05) is 40.0 Å². The van der Waals surface area contributed by atoms with Gasteiger partial charge in [-0.3, -0.25) is 15.0 Å². The van der Waals surface area contributed by atoms with Crippen LogP contribution in [-0.4, -0.2) is 61.9 Å². The van der Waals surface area contributed by atoms with Gasteiger partial charge < -0.3 is 15.6 Å². The average Bonchev–Trinajstić information content (AvgIpc) is 2.13. The van der Waals surface area contributed by atoms with Gasteiger partial charge in [0.25, 0.3) is 0 Å². The zero-order chi connectivity index (χ0) is 11.7. The normalized spacial score (nSPS) is 10.3. The molecule has 0 saturated heterocycles. The van der Waals surface area contributed by atoms with Crippen LogP contribution in [0.15, 0.2) is 0 Å². The Morgan fingerprint density at radius 1 is 1.47 bits per heavy atom. The molecule has 0 aliphatic rings. The van der Waals surface area contributed by atoms with Crippen molar-refractivity contribution in [2.24, 2.45) is 5.73 Å².